The van der Waals surface area contributed by atoms with Gasteiger partial charge in [0.05, 0.1) is 6.04 Å². The second-order valence-electron chi connectivity index (χ2n) is 4.41. The van der Waals surface area contributed by atoms with E-state index in [1.54, 1.807) is 0 Å². The third-order valence-corrected chi connectivity index (χ3v) is 3.24. The van der Waals surface area contributed by atoms with Crippen molar-refractivity contribution in [1.29, 1.82) is 0 Å². The van der Waals surface area contributed by atoms with Crippen LogP contribution in [0.4, 0.5) is 0 Å². The molecular formula is C13H15NO3. The van der Waals surface area contributed by atoms with Crippen molar-refractivity contribution < 1.29 is 14.3 Å². The molecule has 1 saturated heterocycles. The van der Waals surface area contributed by atoms with E-state index in [2.05, 4.69) is 5.32 Å². The Morgan fingerprint density at radius 3 is 3.06 bits per heavy atom. The monoisotopic (exact) mass is 233 g/mol. The first kappa shape index (κ1) is 10.6. The summed E-state index contributed by atoms with van der Waals surface area (Å²) in [6, 6.07) is 7.76. The van der Waals surface area contributed by atoms with Crippen molar-refractivity contribution in [3.05, 3.63) is 29.8 Å². The van der Waals surface area contributed by atoms with Crippen LogP contribution < -0.4 is 10.1 Å². The van der Waals surface area contributed by atoms with Crippen molar-refractivity contribution in [3.63, 3.8) is 0 Å². The number of carbonyl (C=O) groups is 1. The average molecular weight is 233 g/mol. The smallest absolute Gasteiger partial charge is 0.249 e. The minimum Gasteiger partial charge on any atom is -0.491 e. The van der Waals surface area contributed by atoms with E-state index in [9.17, 15) is 4.79 Å². The summed E-state index contributed by atoms with van der Waals surface area (Å²) in [5.74, 6) is 0.845. The van der Waals surface area contributed by atoms with Crippen molar-refractivity contribution in [2.24, 2.45) is 0 Å². The Morgan fingerprint density at radius 1 is 1.35 bits per heavy atom. The quantitative estimate of drug-likeness (QED) is 0.840. The number of para-hydroxylation sites is 1. The molecule has 1 amide bonds. The van der Waals surface area contributed by atoms with Crippen molar-refractivity contribution in [2.75, 3.05) is 13.2 Å². The zero-order valence-corrected chi connectivity index (χ0v) is 9.52. The van der Waals surface area contributed by atoms with Crippen LogP contribution in [0.1, 0.15) is 24.4 Å². The molecule has 0 saturated carbocycles. The van der Waals surface area contributed by atoms with Crippen LogP contribution >= 0.6 is 0 Å². The van der Waals surface area contributed by atoms with E-state index in [0.29, 0.717) is 13.2 Å². The third kappa shape index (κ3) is 2.00. The fourth-order valence-electron chi connectivity index (χ4n) is 2.33. The molecule has 2 unspecified atom stereocenters. The molecule has 0 spiro atoms. The van der Waals surface area contributed by atoms with Crippen LogP contribution in [0.2, 0.25) is 0 Å². The number of amides is 1. The van der Waals surface area contributed by atoms with Gasteiger partial charge in [-0.05, 0) is 18.9 Å². The molecule has 4 heteroatoms. The van der Waals surface area contributed by atoms with Crippen molar-refractivity contribution in [3.8, 4) is 5.75 Å². The normalized spacial score (nSPS) is 26.4. The van der Waals surface area contributed by atoms with Gasteiger partial charge in [-0.15, -0.1) is 0 Å². The van der Waals surface area contributed by atoms with Gasteiger partial charge in [-0.1, -0.05) is 18.2 Å². The van der Waals surface area contributed by atoms with E-state index in [1.165, 1.54) is 0 Å². The number of carbonyl (C=O) groups excluding carboxylic acids is 1. The molecular weight excluding hydrogens is 218 g/mol. The first-order valence-electron chi connectivity index (χ1n) is 5.98. The molecule has 4 nitrogen and oxygen atoms in total. The van der Waals surface area contributed by atoms with E-state index in [-0.39, 0.29) is 18.1 Å². The highest BCUT2D eigenvalue weighted by Gasteiger charge is 2.29. The van der Waals surface area contributed by atoms with Gasteiger partial charge in [0.25, 0.3) is 0 Å². The van der Waals surface area contributed by atoms with Crippen LogP contribution in [0.5, 0.6) is 5.75 Å². The van der Waals surface area contributed by atoms with Gasteiger partial charge >= 0.3 is 0 Å². The molecule has 17 heavy (non-hydrogen) atoms. The minimum atomic E-state index is -0.275. The molecule has 2 aliphatic rings. The number of hydrogen-bond donors (Lipinski definition) is 1. The fourth-order valence-corrected chi connectivity index (χ4v) is 2.33. The van der Waals surface area contributed by atoms with Crippen molar-refractivity contribution >= 4 is 5.91 Å². The predicted octanol–water partition coefficient (Wildman–Crippen LogP) is 1.42. The Bertz CT molecular complexity index is 426. The van der Waals surface area contributed by atoms with Gasteiger partial charge in [0, 0.05) is 12.2 Å². The van der Waals surface area contributed by atoms with Crippen LogP contribution in [0, 0.1) is 0 Å². The number of ether oxygens (including phenoxy) is 2. The summed E-state index contributed by atoms with van der Waals surface area (Å²) in [6.45, 7) is 1.20. The second kappa shape index (κ2) is 4.37. The average Bonchev–Trinajstić information content (AvgIpc) is 2.98. The third-order valence-electron chi connectivity index (χ3n) is 3.24. The second-order valence-corrected chi connectivity index (χ2v) is 4.41. The Kier molecular flexibility index (Phi) is 2.73. The van der Waals surface area contributed by atoms with Crippen LogP contribution in [0.15, 0.2) is 24.3 Å². The molecule has 0 aliphatic carbocycles. The summed E-state index contributed by atoms with van der Waals surface area (Å²) in [4.78, 5) is 11.9. The van der Waals surface area contributed by atoms with Crippen LogP contribution in [0.3, 0.4) is 0 Å². The van der Waals surface area contributed by atoms with Gasteiger partial charge in [0.2, 0.25) is 5.91 Å². The molecule has 3 rings (SSSR count). The molecule has 1 aromatic rings. The van der Waals surface area contributed by atoms with E-state index < -0.39 is 0 Å². The molecule has 1 aromatic carbocycles. The molecule has 90 valence electrons. The molecule has 0 radical (unpaired) electrons. The lowest BCUT2D eigenvalue weighted by molar-refractivity contribution is -0.130. The van der Waals surface area contributed by atoms with Gasteiger partial charge in [-0.3, -0.25) is 4.79 Å². The first-order valence-corrected chi connectivity index (χ1v) is 5.98. The fraction of sp³-hybridized carbons (Fsp3) is 0.462. The molecule has 1 fully saturated rings. The molecule has 2 aliphatic heterocycles. The lowest BCUT2D eigenvalue weighted by Crippen LogP contribution is -2.37. The van der Waals surface area contributed by atoms with Gasteiger partial charge < -0.3 is 14.8 Å². The minimum absolute atomic E-state index is 0.0206. The van der Waals surface area contributed by atoms with E-state index in [0.717, 1.165) is 24.2 Å². The van der Waals surface area contributed by atoms with Crippen LogP contribution in [-0.2, 0) is 9.53 Å². The summed E-state index contributed by atoms with van der Waals surface area (Å²) >= 11 is 0. The number of hydrogen-bond acceptors (Lipinski definition) is 3. The molecule has 1 N–H and O–H groups in total. The number of benzene rings is 1. The molecule has 2 heterocycles. The van der Waals surface area contributed by atoms with Crippen LogP contribution in [-0.4, -0.2) is 25.2 Å². The highest BCUT2D eigenvalue weighted by atomic mass is 16.5. The van der Waals surface area contributed by atoms with Gasteiger partial charge in [0.1, 0.15) is 18.5 Å². The van der Waals surface area contributed by atoms with E-state index in [4.69, 9.17) is 9.47 Å². The largest absolute Gasteiger partial charge is 0.491 e. The zero-order valence-electron chi connectivity index (χ0n) is 9.52. The lowest BCUT2D eigenvalue weighted by Gasteiger charge is -2.15. The topological polar surface area (TPSA) is 47.6 Å². The molecule has 0 aromatic heterocycles. The SMILES string of the molecule is O=C(NC1COc2ccccc21)C1CCCO1. The standard InChI is InChI=1S/C13H15NO3/c15-13(12-6-3-7-16-12)14-10-8-17-11-5-2-1-4-9(10)11/h1-2,4-5,10,12H,3,6-8H2,(H,14,15). The Morgan fingerprint density at radius 2 is 2.24 bits per heavy atom. The number of fused-ring (bicyclic) bond motifs is 1. The van der Waals surface area contributed by atoms with E-state index in [1.807, 2.05) is 24.3 Å². The first-order chi connectivity index (χ1) is 8.34. The Hall–Kier alpha value is -1.55. The summed E-state index contributed by atoms with van der Waals surface area (Å²) in [5.41, 5.74) is 1.05. The molecule has 2 atom stereocenters. The lowest BCUT2D eigenvalue weighted by atomic mass is 10.1. The molecule has 0 bridgehead atoms. The summed E-state index contributed by atoms with van der Waals surface area (Å²) in [6.07, 6.45) is 1.51. The zero-order chi connectivity index (χ0) is 11.7. The Labute approximate surface area is 99.9 Å². The highest BCUT2D eigenvalue weighted by Crippen LogP contribution is 2.31. The van der Waals surface area contributed by atoms with Gasteiger partial charge in [-0.25, -0.2) is 0 Å². The van der Waals surface area contributed by atoms with Crippen LogP contribution in [0.25, 0.3) is 0 Å². The van der Waals surface area contributed by atoms with Gasteiger partial charge in [-0.2, -0.15) is 0 Å². The summed E-state index contributed by atoms with van der Waals surface area (Å²) in [5, 5.41) is 2.99. The number of nitrogens with one attached hydrogen (secondary N) is 1. The summed E-state index contributed by atoms with van der Waals surface area (Å²) in [7, 11) is 0. The van der Waals surface area contributed by atoms with Crippen molar-refractivity contribution in [2.45, 2.75) is 25.0 Å². The maximum atomic E-state index is 11.9. The van der Waals surface area contributed by atoms with Crippen molar-refractivity contribution in [1.82, 2.24) is 5.32 Å². The Balaban J connectivity index is 1.68. The predicted molar refractivity (Wildman–Crippen MR) is 61.8 cm³/mol. The summed E-state index contributed by atoms with van der Waals surface area (Å²) < 4.78 is 10.9. The number of rotatable bonds is 2. The van der Waals surface area contributed by atoms with Gasteiger partial charge in [0.15, 0.2) is 0 Å². The maximum absolute atomic E-state index is 11.9. The maximum Gasteiger partial charge on any atom is 0.249 e. The van der Waals surface area contributed by atoms with E-state index >= 15 is 0 Å². The highest BCUT2D eigenvalue weighted by molar-refractivity contribution is 5.81.